The first-order valence-electron chi connectivity index (χ1n) is 14.0. The standard InChI is InChI=1S/C29H52O4/c1-5-7-8-9-10-13-17-25(16-6-2)26-18-20-27(21-19-26)29(31)33-23-15-12-11-14-22-32-28(30)24(3)4/h25-27H,3,5-23H2,1-2,4H3. The van der Waals surface area contributed by atoms with Crippen molar-refractivity contribution < 1.29 is 19.1 Å². The van der Waals surface area contributed by atoms with Gasteiger partial charge in [0.05, 0.1) is 19.1 Å². The molecule has 0 aromatic carbocycles. The first kappa shape index (κ1) is 29.7. The predicted octanol–water partition coefficient (Wildman–Crippen LogP) is 8.18. The summed E-state index contributed by atoms with van der Waals surface area (Å²) in [6.07, 6.45) is 20.4. The van der Waals surface area contributed by atoms with Crippen molar-refractivity contribution >= 4 is 11.9 Å². The van der Waals surface area contributed by atoms with Crippen LogP contribution in [0.5, 0.6) is 0 Å². The topological polar surface area (TPSA) is 52.6 Å². The van der Waals surface area contributed by atoms with Crippen LogP contribution < -0.4 is 0 Å². The normalized spacial score (nSPS) is 19.1. The molecule has 0 saturated heterocycles. The van der Waals surface area contributed by atoms with Gasteiger partial charge in [0, 0.05) is 5.57 Å². The first-order chi connectivity index (χ1) is 16.0. The van der Waals surface area contributed by atoms with E-state index in [-0.39, 0.29) is 17.9 Å². The Balaban J connectivity index is 2.13. The third-order valence-corrected chi connectivity index (χ3v) is 7.22. The third kappa shape index (κ3) is 13.9. The molecule has 1 aliphatic rings. The van der Waals surface area contributed by atoms with E-state index in [1.807, 2.05) is 0 Å². The van der Waals surface area contributed by atoms with Gasteiger partial charge < -0.3 is 9.47 Å². The van der Waals surface area contributed by atoms with Gasteiger partial charge in [0.1, 0.15) is 0 Å². The lowest BCUT2D eigenvalue weighted by Crippen LogP contribution is -2.27. The van der Waals surface area contributed by atoms with E-state index in [4.69, 9.17) is 9.47 Å². The maximum absolute atomic E-state index is 12.5. The molecule has 1 atom stereocenters. The van der Waals surface area contributed by atoms with E-state index in [1.54, 1.807) is 6.92 Å². The van der Waals surface area contributed by atoms with E-state index in [0.717, 1.165) is 50.4 Å². The summed E-state index contributed by atoms with van der Waals surface area (Å²) in [6.45, 7) is 10.8. The fourth-order valence-electron chi connectivity index (χ4n) is 5.14. The Morgan fingerprint density at radius 1 is 0.758 bits per heavy atom. The molecule has 0 bridgehead atoms. The number of carbonyl (C=O) groups excluding carboxylic acids is 2. The van der Waals surface area contributed by atoms with Gasteiger partial charge in [-0.15, -0.1) is 0 Å². The second kappa shape index (κ2) is 19.0. The molecule has 0 aliphatic heterocycles. The highest BCUT2D eigenvalue weighted by molar-refractivity contribution is 5.86. The molecule has 192 valence electrons. The van der Waals surface area contributed by atoms with Crippen LogP contribution in [0.15, 0.2) is 12.2 Å². The van der Waals surface area contributed by atoms with E-state index < -0.39 is 0 Å². The predicted molar refractivity (Wildman–Crippen MR) is 137 cm³/mol. The molecule has 1 aliphatic carbocycles. The van der Waals surface area contributed by atoms with Crippen molar-refractivity contribution in [3.8, 4) is 0 Å². The third-order valence-electron chi connectivity index (χ3n) is 7.22. The Bertz CT molecular complexity index is 534. The first-order valence-corrected chi connectivity index (χ1v) is 14.0. The minimum Gasteiger partial charge on any atom is -0.465 e. The lowest BCUT2D eigenvalue weighted by molar-refractivity contribution is -0.150. The minimum absolute atomic E-state index is 0.0202. The van der Waals surface area contributed by atoms with Crippen molar-refractivity contribution in [2.75, 3.05) is 13.2 Å². The highest BCUT2D eigenvalue weighted by atomic mass is 16.5. The second-order valence-electron chi connectivity index (χ2n) is 10.2. The van der Waals surface area contributed by atoms with Gasteiger partial charge >= 0.3 is 11.9 Å². The zero-order chi connectivity index (χ0) is 24.3. The number of hydrogen-bond donors (Lipinski definition) is 0. The van der Waals surface area contributed by atoms with Crippen molar-refractivity contribution in [2.24, 2.45) is 17.8 Å². The van der Waals surface area contributed by atoms with Crippen molar-refractivity contribution in [2.45, 2.75) is 130 Å². The average molecular weight is 465 g/mol. The molecule has 4 heteroatoms. The van der Waals surface area contributed by atoms with E-state index in [0.29, 0.717) is 18.8 Å². The van der Waals surface area contributed by atoms with Gasteiger partial charge in [-0.05, 0) is 70.1 Å². The number of hydrogen-bond acceptors (Lipinski definition) is 4. The van der Waals surface area contributed by atoms with E-state index in [1.165, 1.54) is 70.6 Å². The zero-order valence-electron chi connectivity index (χ0n) is 22.0. The Hall–Kier alpha value is -1.32. The fourth-order valence-corrected chi connectivity index (χ4v) is 5.14. The Labute approximate surface area is 204 Å². The summed E-state index contributed by atoms with van der Waals surface area (Å²) in [5.41, 5.74) is 0.439. The van der Waals surface area contributed by atoms with E-state index in [9.17, 15) is 9.59 Å². The van der Waals surface area contributed by atoms with Crippen LogP contribution in [0.1, 0.15) is 130 Å². The Morgan fingerprint density at radius 3 is 1.94 bits per heavy atom. The van der Waals surface area contributed by atoms with Crippen LogP contribution in [0.25, 0.3) is 0 Å². The van der Waals surface area contributed by atoms with Crippen molar-refractivity contribution in [1.82, 2.24) is 0 Å². The molecule has 1 unspecified atom stereocenters. The molecular weight excluding hydrogens is 412 g/mol. The van der Waals surface area contributed by atoms with Gasteiger partial charge in [0.15, 0.2) is 0 Å². The van der Waals surface area contributed by atoms with Crippen LogP contribution in [0.2, 0.25) is 0 Å². The molecule has 0 aromatic rings. The maximum atomic E-state index is 12.5. The molecule has 0 heterocycles. The van der Waals surface area contributed by atoms with Crippen LogP contribution in [0.4, 0.5) is 0 Å². The summed E-state index contributed by atoms with van der Waals surface area (Å²) in [4.78, 5) is 23.8. The van der Waals surface area contributed by atoms with Crippen molar-refractivity contribution in [3.63, 3.8) is 0 Å². The zero-order valence-corrected chi connectivity index (χ0v) is 22.0. The van der Waals surface area contributed by atoms with Crippen LogP contribution in [0.3, 0.4) is 0 Å². The molecule has 0 radical (unpaired) electrons. The van der Waals surface area contributed by atoms with Crippen LogP contribution >= 0.6 is 0 Å². The van der Waals surface area contributed by atoms with Crippen LogP contribution in [-0.2, 0) is 19.1 Å². The molecule has 0 aromatic heterocycles. The Morgan fingerprint density at radius 2 is 1.33 bits per heavy atom. The molecule has 4 nitrogen and oxygen atoms in total. The molecule has 0 spiro atoms. The molecule has 33 heavy (non-hydrogen) atoms. The van der Waals surface area contributed by atoms with Crippen molar-refractivity contribution in [3.05, 3.63) is 12.2 Å². The Kier molecular flexibility index (Phi) is 17.1. The molecule has 1 fully saturated rings. The van der Waals surface area contributed by atoms with Gasteiger partial charge in [-0.1, -0.05) is 78.2 Å². The molecule has 0 N–H and O–H groups in total. The monoisotopic (exact) mass is 464 g/mol. The lowest BCUT2D eigenvalue weighted by Gasteiger charge is -2.33. The smallest absolute Gasteiger partial charge is 0.333 e. The van der Waals surface area contributed by atoms with Crippen molar-refractivity contribution in [1.29, 1.82) is 0 Å². The number of rotatable bonds is 19. The average Bonchev–Trinajstić information content (AvgIpc) is 2.82. The molecule has 1 saturated carbocycles. The maximum Gasteiger partial charge on any atom is 0.333 e. The highest BCUT2D eigenvalue weighted by Crippen LogP contribution is 2.38. The van der Waals surface area contributed by atoms with E-state index >= 15 is 0 Å². The van der Waals surface area contributed by atoms with Crippen LogP contribution in [0, 0.1) is 17.8 Å². The summed E-state index contributed by atoms with van der Waals surface area (Å²) in [5, 5.41) is 0. The fraction of sp³-hybridized carbons (Fsp3) is 0.862. The van der Waals surface area contributed by atoms with Gasteiger partial charge in [-0.2, -0.15) is 0 Å². The lowest BCUT2D eigenvalue weighted by atomic mass is 9.73. The second-order valence-corrected chi connectivity index (χ2v) is 10.2. The highest BCUT2D eigenvalue weighted by Gasteiger charge is 2.30. The van der Waals surface area contributed by atoms with E-state index in [2.05, 4.69) is 20.4 Å². The molecule has 1 rings (SSSR count). The molecule has 0 amide bonds. The van der Waals surface area contributed by atoms with Crippen LogP contribution in [-0.4, -0.2) is 25.2 Å². The summed E-state index contributed by atoms with van der Waals surface area (Å²) >= 11 is 0. The number of unbranched alkanes of at least 4 members (excludes halogenated alkanes) is 8. The van der Waals surface area contributed by atoms with Gasteiger partial charge in [-0.25, -0.2) is 4.79 Å². The number of ether oxygens (including phenoxy) is 2. The summed E-state index contributed by atoms with van der Waals surface area (Å²) < 4.78 is 10.7. The SMILES string of the molecule is C=C(C)C(=O)OCCCCCCOC(=O)C1CCC(C(CCC)CCCCCCCC)CC1. The minimum atomic E-state index is -0.318. The number of esters is 2. The summed E-state index contributed by atoms with van der Waals surface area (Å²) in [7, 11) is 0. The quantitative estimate of drug-likeness (QED) is 0.110. The van der Waals surface area contributed by atoms with Gasteiger partial charge in [0.2, 0.25) is 0 Å². The van der Waals surface area contributed by atoms with Gasteiger partial charge in [-0.3, -0.25) is 4.79 Å². The van der Waals surface area contributed by atoms with Gasteiger partial charge in [0.25, 0.3) is 0 Å². The summed E-state index contributed by atoms with van der Waals surface area (Å²) in [5.74, 6) is 1.48. The largest absolute Gasteiger partial charge is 0.465 e. The molecular formula is C29H52O4. The number of carbonyl (C=O) groups is 2. The summed E-state index contributed by atoms with van der Waals surface area (Å²) in [6, 6.07) is 0.